The Balaban J connectivity index is 2.11. The van der Waals surface area contributed by atoms with Gasteiger partial charge in [-0.3, -0.25) is 0 Å². The van der Waals surface area contributed by atoms with Crippen molar-refractivity contribution in [1.29, 1.82) is 0 Å². The fourth-order valence-electron chi connectivity index (χ4n) is 3.52. The second kappa shape index (κ2) is 4.27. The Bertz CT molecular complexity index is 460. The Morgan fingerprint density at radius 1 is 1.22 bits per heavy atom. The quantitative estimate of drug-likeness (QED) is 0.888. The van der Waals surface area contributed by atoms with Crippen molar-refractivity contribution in [3.05, 3.63) is 28.8 Å². The molecule has 1 aromatic rings. The maximum Gasteiger partial charge on any atom is 0.126 e. The van der Waals surface area contributed by atoms with Gasteiger partial charge in [-0.15, -0.1) is 0 Å². The Hall–Kier alpha value is -1.02. The van der Waals surface area contributed by atoms with E-state index in [4.69, 9.17) is 10.5 Å². The zero-order valence-electron chi connectivity index (χ0n) is 11.5. The standard InChI is InChI=1S/C16H23NO/c1-11(17)16(9-10-16)14-8-7-12-5-3-4-6-13(12)15(14)18-2/h7-8,11H,3-6,9-10,17H2,1-2H3. The van der Waals surface area contributed by atoms with Gasteiger partial charge in [-0.1, -0.05) is 12.1 Å². The molecule has 1 aromatic carbocycles. The molecule has 0 heterocycles. The van der Waals surface area contributed by atoms with Crippen LogP contribution in [0.3, 0.4) is 0 Å². The lowest BCUT2D eigenvalue weighted by Gasteiger charge is -2.27. The van der Waals surface area contributed by atoms with Crippen molar-refractivity contribution < 1.29 is 4.74 Å². The second-order valence-corrected chi connectivity index (χ2v) is 5.94. The first kappa shape index (κ1) is 12.0. The minimum atomic E-state index is 0.192. The van der Waals surface area contributed by atoms with Crippen LogP contribution in [0.2, 0.25) is 0 Å². The molecular formula is C16H23NO. The number of ether oxygens (including phenoxy) is 1. The van der Waals surface area contributed by atoms with E-state index in [0.717, 1.165) is 5.75 Å². The molecule has 0 aliphatic heterocycles. The second-order valence-electron chi connectivity index (χ2n) is 5.94. The highest BCUT2D eigenvalue weighted by Gasteiger charge is 2.49. The maximum absolute atomic E-state index is 6.21. The van der Waals surface area contributed by atoms with Crippen molar-refractivity contribution in [2.45, 2.75) is 56.9 Å². The minimum absolute atomic E-state index is 0.192. The third kappa shape index (κ3) is 1.66. The van der Waals surface area contributed by atoms with E-state index in [9.17, 15) is 0 Å². The maximum atomic E-state index is 6.21. The number of nitrogens with two attached hydrogens (primary N) is 1. The van der Waals surface area contributed by atoms with Crippen LogP contribution in [0.4, 0.5) is 0 Å². The Labute approximate surface area is 110 Å². The largest absolute Gasteiger partial charge is 0.496 e. The van der Waals surface area contributed by atoms with Crippen molar-refractivity contribution >= 4 is 0 Å². The molecule has 0 saturated heterocycles. The molecule has 1 unspecified atom stereocenters. The molecule has 2 heteroatoms. The van der Waals surface area contributed by atoms with Crippen LogP contribution in [0, 0.1) is 0 Å². The summed E-state index contributed by atoms with van der Waals surface area (Å²) in [6.45, 7) is 2.13. The van der Waals surface area contributed by atoms with Crippen LogP contribution in [-0.2, 0) is 18.3 Å². The Morgan fingerprint density at radius 2 is 1.94 bits per heavy atom. The van der Waals surface area contributed by atoms with E-state index >= 15 is 0 Å². The number of rotatable bonds is 3. The van der Waals surface area contributed by atoms with Gasteiger partial charge in [-0.2, -0.15) is 0 Å². The molecule has 2 N–H and O–H groups in total. The summed E-state index contributed by atoms with van der Waals surface area (Å²) < 4.78 is 5.76. The molecule has 1 atom stereocenters. The van der Waals surface area contributed by atoms with Crippen molar-refractivity contribution in [2.24, 2.45) is 5.73 Å². The number of aryl methyl sites for hydroxylation is 1. The summed E-state index contributed by atoms with van der Waals surface area (Å²) in [5.41, 5.74) is 10.7. The van der Waals surface area contributed by atoms with Crippen LogP contribution in [0.1, 0.15) is 49.3 Å². The fourth-order valence-corrected chi connectivity index (χ4v) is 3.52. The molecule has 0 radical (unpaired) electrons. The van der Waals surface area contributed by atoms with Gasteiger partial charge in [0.1, 0.15) is 5.75 Å². The summed E-state index contributed by atoms with van der Waals surface area (Å²) >= 11 is 0. The van der Waals surface area contributed by atoms with Crippen molar-refractivity contribution in [3.8, 4) is 5.75 Å². The van der Waals surface area contributed by atoms with Crippen LogP contribution >= 0.6 is 0 Å². The van der Waals surface area contributed by atoms with Gasteiger partial charge in [-0.25, -0.2) is 0 Å². The van der Waals surface area contributed by atoms with Crippen molar-refractivity contribution in [1.82, 2.24) is 0 Å². The van der Waals surface area contributed by atoms with Gasteiger partial charge in [0.15, 0.2) is 0 Å². The number of methoxy groups -OCH3 is 1. The van der Waals surface area contributed by atoms with Crippen molar-refractivity contribution in [3.63, 3.8) is 0 Å². The SMILES string of the molecule is COc1c(C2(C(C)N)CC2)ccc2c1CCCC2. The predicted octanol–water partition coefficient (Wildman–Crippen LogP) is 2.95. The first-order valence-corrected chi connectivity index (χ1v) is 7.14. The number of hydrogen-bond donors (Lipinski definition) is 1. The molecule has 0 bridgehead atoms. The summed E-state index contributed by atoms with van der Waals surface area (Å²) in [6.07, 6.45) is 7.39. The average molecular weight is 245 g/mol. The van der Waals surface area contributed by atoms with Gasteiger partial charge in [0.25, 0.3) is 0 Å². The predicted molar refractivity (Wildman–Crippen MR) is 74.2 cm³/mol. The van der Waals surface area contributed by atoms with Gasteiger partial charge < -0.3 is 10.5 Å². The summed E-state index contributed by atoms with van der Waals surface area (Å²) in [6, 6.07) is 4.81. The van der Waals surface area contributed by atoms with Crippen LogP contribution in [0.15, 0.2) is 12.1 Å². The van der Waals surface area contributed by atoms with Crippen LogP contribution in [0.25, 0.3) is 0 Å². The summed E-state index contributed by atoms with van der Waals surface area (Å²) in [5.74, 6) is 1.14. The summed E-state index contributed by atoms with van der Waals surface area (Å²) in [4.78, 5) is 0. The van der Waals surface area contributed by atoms with Gasteiger partial charge >= 0.3 is 0 Å². The van der Waals surface area contributed by atoms with E-state index in [1.54, 1.807) is 0 Å². The highest BCUT2D eigenvalue weighted by molar-refractivity contribution is 5.53. The average Bonchev–Trinajstić information content (AvgIpc) is 3.18. The molecule has 0 aromatic heterocycles. The normalized spacial score (nSPS) is 22.2. The van der Waals surface area contributed by atoms with Gasteiger partial charge in [-0.05, 0) is 56.6 Å². The van der Waals surface area contributed by atoms with E-state index < -0.39 is 0 Å². The van der Waals surface area contributed by atoms with E-state index in [-0.39, 0.29) is 11.5 Å². The first-order chi connectivity index (χ1) is 8.69. The third-order valence-corrected chi connectivity index (χ3v) is 4.88. The number of benzene rings is 1. The summed E-state index contributed by atoms with van der Waals surface area (Å²) in [7, 11) is 1.81. The summed E-state index contributed by atoms with van der Waals surface area (Å²) in [5, 5.41) is 0. The number of hydrogen-bond acceptors (Lipinski definition) is 2. The zero-order chi connectivity index (χ0) is 12.8. The minimum Gasteiger partial charge on any atom is -0.496 e. The topological polar surface area (TPSA) is 35.2 Å². The smallest absolute Gasteiger partial charge is 0.126 e. The molecule has 3 rings (SSSR count). The Kier molecular flexibility index (Phi) is 2.86. The molecule has 0 spiro atoms. The highest BCUT2D eigenvalue weighted by atomic mass is 16.5. The first-order valence-electron chi connectivity index (χ1n) is 7.14. The number of fused-ring (bicyclic) bond motifs is 1. The van der Waals surface area contributed by atoms with Gasteiger partial charge in [0.05, 0.1) is 7.11 Å². The zero-order valence-corrected chi connectivity index (χ0v) is 11.5. The van der Waals surface area contributed by atoms with Gasteiger partial charge in [0, 0.05) is 17.0 Å². The molecule has 2 nitrogen and oxygen atoms in total. The molecule has 2 aliphatic carbocycles. The van der Waals surface area contributed by atoms with E-state index in [1.165, 1.54) is 55.2 Å². The van der Waals surface area contributed by atoms with Crippen LogP contribution in [0.5, 0.6) is 5.75 Å². The molecular weight excluding hydrogens is 222 g/mol. The Morgan fingerprint density at radius 3 is 2.56 bits per heavy atom. The van der Waals surface area contributed by atoms with E-state index in [2.05, 4.69) is 19.1 Å². The molecule has 1 saturated carbocycles. The van der Waals surface area contributed by atoms with E-state index in [1.807, 2.05) is 7.11 Å². The molecule has 98 valence electrons. The molecule has 0 amide bonds. The fraction of sp³-hybridized carbons (Fsp3) is 0.625. The lowest BCUT2D eigenvalue weighted by molar-refractivity contribution is 0.390. The van der Waals surface area contributed by atoms with Crippen LogP contribution in [-0.4, -0.2) is 13.2 Å². The van der Waals surface area contributed by atoms with E-state index in [0.29, 0.717) is 0 Å². The molecule has 2 aliphatic rings. The highest BCUT2D eigenvalue weighted by Crippen LogP contribution is 2.54. The van der Waals surface area contributed by atoms with Gasteiger partial charge in [0.2, 0.25) is 0 Å². The monoisotopic (exact) mass is 245 g/mol. The van der Waals surface area contributed by atoms with Crippen LogP contribution < -0.4 is 10.5 Å². The molecule has 18 heavy (non-hydrogen) atoms. The lowest BCUT2D eigenvalue weighted by atomic mass is 9.82. The molecule has 1 fully saturated rings. The van der Waals surface area contributed by atoms with Crippen molar-refractivity contribution in [2.75, 3.05) is 7.11 Å². The lowest BCUT2D eigenvalue weighted by Crippen LogP contribution is -2.32. The third-order valence-electron chi connectivity index (χ3n) is 4.88.